The second-order valence-electron chi connectivity index (χ2n) is 6.01. The molecule has 1 fully saturated rings. The van der Waals surface area contributed by atoms with Gasteiger partial charge in [0.1, 0.15) is 5.75 Å². The van der Waals surface area contributed by atoms with E-state index in [1.54, 1.807) is 34.9 Å². The van der Waals surface area contributed by atoms with Crippen LogP contribution in [0.2, 0.25) is 0 Å². The molecule has 120 valence electrons. The lowest BCUT2D eigenvalue weighted by Crippen LogP contribution is -2.32. The Morgan fingerprint density at radius 2 is 2.13 bits per heavy atom. The summed E-state index contributed by atoms with van der Waals surface area (Å²) in [5.74, 6) is 0.800. The smallest absolute Gasteiger partial charge is 0.243 e. The molecule has 1 aromatic carbocycles. The predicted molar refractivity (Wildman–Crippen MR) is 85.6 cm³/mol. The maximum Gasteiger partial charge on any atom is 0.243 e. The Morgan fingerprint density at radius 3 is 2.87 bits per heavy atom. The molecule has 2 aromatic rings. The first-order valence-electron chi connectivity index (χ1n) is 7.81. The first kappa shape index (κ1) is 14.7. The van der Waals surface area contributed by atoms with Crippen LogP contribution in [0.15, 0.2) is 47.6 Å². The van der Waals surface area contributed by atoms with Crippen LogP contribution in [0.5, 0.6) is 5.75 Å². The molecule has 0 amide bonds. The summed E-state index contributed by atoms with van der Waals surface area (Å²) >= 11 is 0. The highest BCUT2D eigenvalue weighted by Crippen LogP contribution is 2.35. The maximum atomic E-state index is 13.1. The highest BCUT2D eigenvalue weighted by molar-refractivity contribution is 7.89. The van der Waals surface area contributed by atoms with Crippen molar-refractivity contribution in [3.63, 3.8) is 0 Å². The molecule has 0 atom stereocenters. The average molecular weight is 330 g/mol. The molecule has 1 aliphatic carbocycles. The van der Waals surface area contributed by atoms with E-state index in [4.69, 9.17) is 4.74 Å². The molecule has 0 unspecified atom stereocenters. The van der Waals surface area contributed by atoms with Gasteiger partial charge in [0.15, 0.2) is 0 Å². The van der Waals surface area contributed by atoms with Crippen molar-refractivity contribution in [2.24, 2.45) is 0 Å². The predicted octanol–water partition coefficient (Wildman–Crippen LogP) is 2.37. The zero-order valence-corrected chi connectivity index (χ0v) is 13.5. The van der Waals surface area contributed by atoms with Crippen LogP contribution in [0.1, 0.15) is 24.0 Å². The topological polar surface area (TPSA) is 59.5 Å². The summed E-state index contributed by atoms with van der Waals surface area (Å²) in [6.07, 6.45) is 6.03. The number of nitrogens with zero attached hydrogens (tertiary/aromatic N) is 2. The number of rotatable bonds is 5. The molecular weight excluding hydrogens is 312 g/mol. The van der Waals surface area contributed by atoms with Gasteiger partial charge in [-0.3, -0.25) is 4.98 Å². The molecule has 0 spiro atoms. The molecule has 1 saturated carbocycles. The van der Waals surface area contributed by atoms with Crippen molar-refractivity contribution in [3.8, 4) is 5.75 Å². The van der Waals surface area contributed by atoms with Crippen LogP contribution in [-0.2, 0) is 23.0 Å². The van der Waals surface area contributed by atoms with Crippen molar-refractivity contribution in [1.29, 1.82) is 0 Å². The van der Waals surface area contributed by atoms with E-state index >= 15 is 0 Å². The van der Waals surface area contributed by atoms with Crippen molar-refractivity contribution in [1.82, 2.24) is 9.29 Å². The molecule has 0 bridgehead atoms. The number of fused-ring (bicyclic) bond motifs is 1. The van der Waals surface area contributed by atoms with Crippen LogP contribution >= 0.6 is 0 Å². The van der Waals surface area contributed by atoms with Gasteiger partial charge in [-0.15, -0.1) is 0 Å². The van der Waals surface area contributed by atoms with E-state index in [2.05, 4.69) is 4.98 Å². The summed E-state index contributed by atoms with van der Waals surface area (Å²) in [6.45, 7) is 0.995. The van der Waals surface area contributed by atoms with E-state index in [-0.39, 0.29) is 6.04 Å². The van der Waals surface area contributed by atoms with Crippen LogP contribution in [0, 0.1) is 0 Å². The Balaban J connectivity index is 1.67. The van der Waals surface area contributed by atoms with Gasteiger partial charge in [0.25, 0.3) is 0 Å². The Morgan fingerprint density at radius 1 is 1.26 bits per heavy atom. The molecule has 1 aromatic heterocycles. The van der Waals surface area contributed by atoms with Crippen molar-refractivity contribution in [2.45, 2.75) is 36.7 Å². The van der Waals surface area contributed by atoms with E-state index < -0.39 is 10.0 Å². The summed E-state index contributed by atoms with van der Waals surface area (Å²) in [7, 11) is -3.51. The first-order chi connectivity index (χ1) is 11.1. The van der Waals surface area contributed by atoms with Gasteiger partial charge in [0.05, 0.1) is 11.5 Å². The van der Waals surface area contributed by atoms with Gasteiger partial charge in [-0.1, -0.05) is 6.07 Å². The molecule has 2 heterocycles. The van der Waals surface area contributed by atoms with Crippen LogP contribution in [-0.4, -0.2) is 30.4 Å². The SMILES string of the molecule is O=S(=O)(c1ccc2c(c1)CCO2)N(Cc1cccnc1)C1CC1. The van der Waals surface area contributed by atoms with Crippen LogP contribution in [0.25, 0.3) is 0 Å². The Bertz CT molecular complexity index is 817. The molecule has 23 heavy (non-hydrogen) atoms. The van der Waals surface area contributed by atoms with Gasteiger partial charge in [0.2, 0.25) is 10.0 Å². The number of ether oxygens (including phenoxy) is 1. The summed E-state index contributed by atoms with van der Waals surface area (Å²) < 4.78 is 33.2. The fourth-order valence-electron chi connectivity index (χ4n) is 2.90. The number of benzene rings is 1. The lowest BCUT2D eigenvalue weighted by Gasteiger charge is -2.22. The molecule has 0 saturated heterocycles. The number of aromatic nitrogens is 1. The standard InChI is InChI=1S/C17H18N2O3S/c20-23(21,16-5-6-17-14(10-16)7-9-22-17)19(15-3-4-15)12-13-2-1-8-18-11-13/h1-2,5-6,8,10-11,15H,3-4,7,9,12H2. The molecule has 4 rings (SSSR count). The third kappa shape index (κ3) is 2.84. The van der Waals surface area contributed by atoms with E-state index in [0.29, 0.717) is 18.0 Å². The fraction of sp³-hybridized carbons (Fsp3) is 0.353. The largest absolute Gasteiger partial charge is 0.493 e. The second kappa shape index (κ2) is 5.62. The molecule has 5 nitrogen and oxygen atoms in total. The molecule has 6 heteroatoms. The van der Waals surface area contributed by atoms with E-state index in [1.165, 1.54) is 0 Å². The minimum atomic E-state index is -3.51. The minimum Gasteiger partial charge on any atom is -0.493 e. The monoisotopic (exact) mass is 330 g/mol. The second-order valence-corrected chi connectivity index (χ2v) is 7.90. The molecule has 1 aliphatic heterocycles. The van der Waals surface area contributed by atoms with Crippen molar-refractivity contribution < 1.29 is 13.2 Å². The zero-order chi connectivity index (χ0) is 15.9. The summed E-state index contributed by atoms with van der Waals surface area (Å²) in [5, 5.41) is 0. The Kier molecular flexibility index (Phi) is 3.58. The Labute approximate surface area is 136 Å². The van der Waals surface area contributed by atoms with Gasteiger partial charge in [-0.25, -0.2) is 8.42 Å². The van der Waals surface area contributed by atoms with E-state index in [1.807, 2.05) is 12.1 Å². The lowest BCUT2D eigenvalue weighted by molar-refractivity contribution is 0.356. The quantitative estimate of drug-likeness (QED) is 0.844. The normalized spacial score (nSPS) is 17.1. The minimum absolute atomic E-state index is 0.102. The maximum absolute atomic E-state index is 13.1. The number of sulfonamides is 1. The van der Waals surface area contributed by atoms with Crippen LogP contribution in [0.4, 0.5) is 0 Å². The van der Waals surface area contributed by atoms with Gasteiger partial charge in [0, 0.05) is 31.4 Å². The van der Waals surface area contributed by atoms with Gasteiger partial charge in [-0.05, 0) is 48.2 Å². The highest BCUT2D eigenvalue weighted by atomic mass is 32.2. The number of hydrogen-bond acceptors (Lipinski definition) is 4. The molecule has 0 radical (unpaired) electrons. The Hall–Kier alpha value is -1.92. The van der Waals surface area contributed by atoms with Crippen LogP contribution in [0.3, 0.4) is 0 Å². The summed E-state index contributed by atoms with van der Waals surface area (Å²) in [4.78, 5) is 4.44. The third-order valence-corrected chi connectivity index (χ3v) is 6.18. The molecule has 2 aliphatic rings. The van der Waals surface area contributed by atoms with Crippen molar-refractivity contribution >= 4 is 10.0 Å². The van der Waals surface area contributed by atoms with Crippen molar-refractivity contribution in [3.05, 3.63) is 53.9 Å². The van der Waals surface area contributed by atoms with Crippen molar-refractivity contribution in [2.75, 3.05) is 6.61 Å². The van der Waals surface area contributed by atoms with E-state index in [0.717, 1.165) is 36.1 Å². The van der Waals surface area contributed by atoms with E-state index in [9.17, 15) is 8.42 Å². The van der Waals surface area contributed by atoms with Crippen LogP contribution < -0.4 is 4.74 Å². The fourth-order valence-corrected chi connectivity index (χ4v) is 4.63. The lowest BCUT2D eigenvalue weighted by atomic mass is 10.2. The van der Waals surface area contributed by atoms with Gasteiger partial charge >= 0.3 is 0 Å². The first-order valence-corrected chi connectivity index (χ1v) is 9.25. The van der Waals surface area contributed by atoms with Gasteiger partial charge < -0.3 is 4.74 Å². The zero-order valence-electron chi connectivity index (χ0n) is 12.7. The average Bonchev–Trinajstić information content (AvgIpc) is 3.29. The third-order valence-electron chi connectivity index (χ3n) is 4.28. The molecular formula is C17H18N2O3S. The number of pyridine rings is 1. The highest BCUT2D eigenvalue weighted by Gasteiger charge is 2.38. The molecule has 0 N–H and O–H groups in total. The summed E-state index contributed by atoms with van der Waals surface area (Å²) in [5.41, 5.74) is 1.88. The summed E-state index contributed by atoms with van der Waals surface area (Å²) in [6, 6.07) is 9.03. The number of hydrogen-bond donors (Lipinski definition) is 0. The van der Waals surface area contributed by atoms with Gasteiger partial charge in [-0.2, -0.15) is 4.31 Å².